The van der Waals surface area contributed by atoms with Gasteiger partial charge in [0.05, 0.1) is 0 Å². The highest BCUT2D eigenvalue weighted by molar-refractivity contribution is 5.82. The standard InChI is InChI=1S/C16H21NO4/c1-9-6-10(2)12(11(3)7-9)8-17-15(18)13-4-5-14(21-13)16(19)20/h6-7,13-14H,4-5,8H2,1-3H3,(H,17,18)(H,19,20)/t13-,14+/m0/s1. The smallest absolute Gasteiger partial charge is 0.332 e. The van der Waals surface area contributed by atoms with E-state index < -0.39 is 18.2 Å². The van der Waals surface area contributed by atoms with Crippen molar-refractivity contribution in [3.8, 4) is 0 Å². The molecule has 5 nitrogen and oxygen atoms in total. The molecule has 1 aliphatic heterocycles. The lowest BCUT2D eigenvalue weighted by Gasteiger charge is -2.15. The first-order valence-electron chi connectivity index (χ1n) is 7.11. The van der Waals surface area contributed by atoms with Crippen LogP contribution in [-0.4, -0.2) is 29.2 Å². The van der Waals surface area contributed by atoms with Crippen LogP contribution >= 0.6 is 0 Å². The molecule has 1 amide bonds. The number of carbonyl (C=O) groups excluding carboxylic acids is 1. The van der Waals surface area contributed by atoms with Gasteiger partial charge in [0.2, 0.25) is 5.91 Å². The van der Waals surface area contributed by atoms with Crippen LogP contribution in [0, 0.1) is 20.8 Å². The molecule has 2 N–H and O–H groups in total. The molecule has 1 aromatic carbocycles. The zero-order valence-electron chi connectivity index (χ0n) is 12.6. The van der Waals surface area contributed by atoms with Gasteiger partial charge in [0.15, 0.2) is 6.10 Å². The van der Waals surface area contributed by atoms with Crippen LogP contribution in [0.5, 0.6) is 0 Å². The van der Waals surface area contributed by atoms with Crippen molar-refractivity contribution in [3.05, 3.63) is 34.4 Å². The van der Waals surface area contributed by atoms with Gasteiger partial charge in [0, 0.05) is 6.54 Å². The third-order valence-corrected chi connectivity index (χ3v) is 3.87. The van der Waals surface area contributed by atoms with Crippen LogP contribution in [0.15, 0.2) is 12.1 Å². The summed E-state index contributed by atoms with van der Waals surface area (Å²) >= 11 is 0. The van der Waals surface area contributed by atoms with Crippen LogP contribution in [-0.2, 0) is 20.9 Å². The van der Waals surface area contributed by atoms with E-state index in [-0.39, 0.29) is 5.91 Å². The molecule has 1 aliphatic rings. The quantitative estimate of drug-likeness (QED) is 0.888. The van der Waals surface area contributed by atoms with Gasteiger partial charge >= 0.3 is 5.97 Å². The molecule has 2 atom stereocenters. The molecule has 0 aliphatic carbocycles. The first-order valence-corrected chi connectivity index (χ1v) is 7.11. The first kappa shape index (κ1) is 15.5. The minimum absolute atomic E-state index is 0.238. The van der Waals surface area contributed by atoms with E-state index in [1.807, 2.05) is 20.8 Å². The molecule has 0 unspecified atom stereocenters. The van der Waals surface area contributed by atoms with Gasteiger partial charge in [-0.25, -0.2) is 4.79 Å². The molecule has 1 fully saturated rings. The normalized spacial score (nSPS) is 21.3. The Bertz CT molecular complexity index is 544. The Balaban J connectivity index is 1.95. The number of aliphatic carboxylic acids is 1. The van der Waals surface area contributed by atoms with Gasteiger partial charge in [-0.15, -0.1) is 0 Å². The third kappa shape index (κ3) is 3.61. The molecule has 1 aromatic rings. The van der Waals surface area contributed by atoms with Crippen molar-refractivity contribution in [2.75, 3.05) is 0 Å². The topological polar surface area (TPSA) is 75.6 Å². The number of carboxylic acid groups (broad SMARTS) is 1. The summed E-state index contributed by atoms with van der Waals surface area (Å²) in [5.74, 6) is -1.24. The van der Waals surface area contributed by atoms with Crippen molar-refractivity contribution in [3.63, 3.8) is 0 Å². The van der Waals surface area contributed by atoms with E-state index in [1.165, 1.54) is 5.56 Å². The van der Waals surface area contributed by atoms with Crippen LogP contribution in [0.4, 0.5) is 0 Å². The molecule has 0 spiro atoms. The lowest BCUT2D eigenvalue weighted by atomic mass is 10.00. The highest BCUT2D eigenvalue weighted by Crippen LogP contribution is 2.21. The van der Waals surface area contributed by atoms with E-state index in [2.05, 4.69) is 17.4 Å². The van der Waals surface area contributed by atoms with Crippen LogP contribution in [0.25, 0.3) is 0 Å². The lowest BCUT2D eigenvalue weighted by molar-refractivity contribution is -0.151. The zero-order chi connectivity index (χ0) is 15.6. The lowest BCUT2D eigenvalue weighted by Crippen LogP contribution is -2.35. The Hall–Kier alpha value is -1.88. The molecule has 114 valence electrons. The Morgan fingerprint density at radius 1 is 1.19 bits per heavy atom. The Morgan fingerprint density at radius 2 is 1.76 bits per heavy atom. The molecule has 5 heteroatoms. The Kier molecular flexibility index (Phi) is 4.63. The summed E-state index contributed by atoms with van der Waals surface area (Å²) < 4.78 is 5.24. The van der Waals surface area contributed by atoms with E-state index in [4.69, 9.17) is 9.84 Å². The summed E-state index contributed by atoms with van der Waals surface area (Å²) in [5.41, 5.74) is 4.58. The van der Waals surface area contributed by atoms with Crippen LogP contribution in [0.1, 0.15) is 35.1 Å². The number of ether oxygens (including phenoxy) is 1. The van der Waals surface area contributed by atoms with Crippen molar-refractivity contribution >= 4 is 11.9 Å². The van der Waals surface area contributed by atoms with Crippen molar-refractivity contribution in [1.82, 2.24) is 5.32 Å². The monoisotopic (exact) mass is 291 g/mol. The van der Waals surface area contributed by atoms with Crippen molar-refractivity contribution in [2.45, 2.75) is 52.4 Å². The number of nitrogens with one attached hydrogen (secondary N) is 1. The molecule has 0 saturated carbocycles. The number of hydrogen-bond acceptors (Lipinski definition) is 3. The van der Waals surface area contributed by atoms with E-state index in [1.54, 1.807) is 0 Å². The molecular weight excluding hydrogens is 270 g/mol. The molecule has 2 rings (SSSR count). The van der Waals surface area contributed by atoms with Gasteiger partial charge in [-0.3, -0.25) is 4.79 Å². The number of hydrogen-bond donors (Lipinski definition) is 2. The molecule has 0 aromatic heterocycles. The summed E-state index contributed by atoms with van der Waals surface area (Å²) in [4.78, 5) is 22.9. The van der Waals surface area contributed by atoms with E-state index >= 15 is 0 Å². The van der Waals surface area contributed by atoms with Gasteiger partial charge in [0.25, 0.3) is 0 Å². The second kappa shape index (κ2) is 6.26. The van der Waals surface area contributed by atoms with Gasteiger partial charge in [0.1, 0.15) is 6.10 Å². The molecule has 0 radical (unpaired) electrons. The fourth-order valence-electron chi connectivity index (χ4n) is 2.79. The average Bonchev–Trinajstić information content (AvgIpc) is 2.86. The molecule has 1 heterocycles. The fraction of sp³-hybridized carbons (Fsp3) is 0.500. The second-order valence-corrected chi connectivity index (χ2v) is 5.62. The second-order valence-electron chi connectivity index (χ2n) is 5.62. The van der Waals surface area contributed by atoms with Crippen LogP contribution < -0.4 is 5.32 Å². The van der Waals surface area contributed by atoms with E-state index in [0.717, 1.165) is 16.7 Å². The Morgan fingerprint density at radius 3 is 2.29 bits per heavy atom. The molecule has 0 bridgehead atoms. The summed E-state index contributed by atoms with van der Waals surface area (Å²) in [6, 6.07) is 4.17. The maximum absolute atomic E-state index is 12.0. The number of carboxylic acids is 1. The summed E-state index contributed by atoms with van der Waals surface area (Å²) in [7, 11) is 0. The predicted molar refractivity (Wildman–Crippen MR) is 78.0 cm³/mol. The summed E-state index contributed by atoms with van der Waals surface area (Å²) in [6.45, 7) is 6.52. The van der Waals surface area contributed by atoms with Gasteiger partial charge in [-0.2, -0.15) is 0 Å². The van der Waals surface area contributed by atoms with Gasteiger partial charge in [-0.05, 0) is 50.3 Å². The number of aryl methyl sites for hydroxylation is 3. The highest BCUT2D eigenvalue weighted by atomic mass is 16.5. The SMILES string of the molecule is Cc1cc(C)c(CNC(=O)[C@@H]2CC[C@H](C(=O)O)O2)c(C)c1. The van der Waals surface area contributed by atoms with Crippen molar-refractivity contribution in [1.29, 1.82) is 0 Å². The van der Waals surface area contributed by atoms with E-state index in [0.29, 0.717) is 19.4 Å². The number of rotatable bonds is 4. The summed E-state index contributed by atoms with van der Waals surface area (Å²) in [6.07, 6.45) is -0.675. The highest BCUT2D eigenvalue weighted by Gasteiger charge is 2.34. The maximum atomic E-state index is 12.0. The summed E-state index contributed by atoms with van der Waals surface area (Å²) in [5, 5.41) is 11.7. The van der Waals surface area contributed by atoms with Crippen molar-refractivity contribution < 1.29 is 19.4 Å². The van der Waals surface area contributed by atoms with E-state index in [9.17, 15) is 9.59 Å². The first-order chi connectivity index (χ1) is 9.88. The van der Waals surface area contributed by atoms with Gasteiger partial charge < -0.3 is 15.2 Å². The molecular formula is C16H21NO4. The van der Waals surface area contributed by atoms with Crippen LogP contribution in [0.2, 0.25) is 0 Å². The average molecular weight is 291 g/mol. The van der Waals surface area contributed by atoms with Gasteiger partial charge in [-0.1, -0.05) is 17.7 Å². The number of amides is 1. The third-order valence-electron chi connectivity index (χ3n) is 3.87. The maximum Gasteiger partial charge on any atom is 0.332 e. The molecule has 21 heavy (non-hydrogen) atoms. The molecule has 1 saturated heterocycles. The number of benzene rings is 1. The minimum atomic E-state index is -1.00. The zero-order valence-corrected chi connectivity index (χ0v) is 12.6. The minimum Gasteiger partial charge on any atom is -0.479 e. The Labute approximate surface area is 124 Å². The predicted octanol–water partition coefficient (Wildman–Crippen LogP) is 1.86. The van der Waals surface area contributed by atoms with Crippen molar-refractivity contribution in [2.24, 2.45) is 0 Å². The number of carbonyl (C=O) groups is 2. The van der Waals surface area contributed by atoms with Crippen LogP contribution in [0.3, 0.4) is 0 Å². The largest absolute Gasteiger partial charge is 0.479 e. The fourth-order valence-corrected chi connectivity index (χ4v) is 2.79.